The molecule has 0 fully saturated rings. The predicted molar refractivity (Wildman–Crippen MR) is 61.3 cm³/mol. The number of carboxylic acid groups (broad SMARTS) is 1. The van der Waals surface area contributed by atoms with Crippen molar-refractivity contribution in [3.63, 3.8) is 0 Å². The molecule has 0 bridgehead atoms. The van der Waals surface area contributed by atoms with Gasteiger partial charge in [0.25, 0.3) is 0 Å². The first-order chi connectivity index (χ1) is 8.49. The third-order valence-electron chi connectivity index (χ3n) is 2.44. The average molecular weight is 288 g/mol. The maximum atomic E-state index is 13.5. The minimum absolute atomic E-state index is 0. The van der Waals surface area contributed by atoms with Gasteiger partial charge < -0.3 is 15.0 Å². The number of carboxylic acids is 1. The van der Waals surface area contributed by atoms with Crippen molar-refractivity contribution < 1.29 is 23.8 Å². The Morgan fingerprint density at radius 2 is 1.74 bits per heavy atom. The van der Waals surface area contributed by atoms with Crippen LogP contribution < -0.4 is 10.2 Å². The molecule has 0 unspecified atom stereocenters. The van der Waals surface area contributed by atoms with Gasteiger partial charge in [-0.05, 0) is 29.3 Å². The number of carbonyl (C=O) groups is 1. The molecule has 0 radical (unpaired) electrons. The molecule has 0 heterocycles. The smallest absolute Gasteiger partial charge is 0.872 e. The van der Waals surface area contributed by atoms with E-state index in [9.17, 15) is 23.8 Å². The Morgan fingerprint density at radius 1 is 1.05 bits per heavy atom. The molecule has 92 valence electrons. The van der Waals surface area contributed by atoms with Gasteiger partial charge in [-0.3, -0.25) is 0 Å². The normalized spacial score (nSPS) is 9.79. The number of aromatic carboxylic acids is 1. The zero-order valence-corrected chi connectivity index (χ0v) is 11.9. The van der Waals surface area contributed by atoms with E-state index >= 15 is 0 Å². The van der Waals surface area contributed by atoms with E-state index in [0.717, 1.165) is 18.2 Å². The second-order valence-corrected chi connectivity index (χ2v) is 3.62. The maximum Gasteiger partial charge on any atom is 2.00 e. The largest absolute Gasteiger partial charge is 2.00 e. The van der Waals surface area contributed by atoms with Crippen LogP contribution in [0.15, 0.2) is 36.4 Å². The van der Waals surface area contributed by atoms with E-state index in [2.05, 4.69) is 0 Å². The van der Waals surface area contributed by atoms with Crippen molar-refractivity contribution in [3.8, 4) is 16.9 Å². The fourth-order valence-corrected chi connectivity index (χ4v) is 1.58. The van der Waals surface area contributed by atoms with Gasteiger partial charge in [0.05, 0.1) is 5.97 Å². The van der Waals surface area contributed by atoms with E-state index in [-0.39, 0.29) is 48.9 Å². The first kappa shape index (κ1) is 15.9. The van der Waals surface area contributed by atoms with Crippen LogP contribution in [0.1, 0.15) is 10.4 Å². The number of benzene rings is 2. The Kier molecular flexibility index (Phi) is 5.28. The molecule has 2 aromatic carbocycles. The molecule has 0 aliphatic heterocycles. The number of rotatable bonds is 2. The molecular formula is C13H6CaF2O3. The number of halogens is 2. The molecule has 0 N–H and O–H groups in total. The van der Waals surface area contributed by atoms with E-state index in [1.165, 1.54) is 12.1 Å². The van der Waals surface area contributed by atoms with Gasteiger partial charge in [-0.2, -0.15) is 0 Å². The predicted octanol–water partition coefficient (Wildman–Crippen LogP) is 0.688. The van der Waals surface area contributed by atoms with Gasteiger partial charge in [0.2, 0.25) is 0 Å². The molecule has 2 rings (SSSR count). The minimum Gasteiger partial charge on any atom is -0.872 e. The third-order valence-corrected chi connectivity index (χ3v) is 2.44. The SMILES string of the molecule is O=C([O-])c1cc(-c2ccc(F)cc2F)ccc1[O-].[Ca+2]. The first-order valence-corrected chi connectivity index (χ1v) is 4.97. The van der Waals surface area contributed by atoms with Crippen LogP contribution in [0.5, 0.6) is 5.75 Å². The van der Waals surface area contributed by atoms with Crippen LogP contribution >= 0.6 is 0 Å². The molecule has 0 aromatic heterocycles. The molecular weight excluding hydrogens is 282 g/mol. The van der Waals surface area contributed by atoms with Gasteiger partial charge in [-0.25, -0.2) is 8.78 Å². The van der Waals surface area contributed by atoms with E-state index in [4.69, 9.17) is 0 Å². The summed E-state index contributed by atoms with van der Waals surface area (Å²) in [6.07, 6.45) is 0. The van der Waals surface area contributed by atoms with Crippen molar-refractivity contribution in [2.75, 3.05) is 0 Å². The fourth-order valence-electron chi connectivity index (χ4n) is 1.58. The zero-order chi connectivity index (χ0) is 13.3. The molecule has 2 aromatic rings. The maximum absolute atomic E-state index is 13.5. The van der Waals surface area contributed by atoms with Crippen molar-refractivity contribution in [1.29, 1.82) is 0 Å². The van der Waals surface area contributed by atoms with Crippen LogP contribution in [0.2, 0.25) is 0 Å². The number of hydrogen-bond donors (Lipinski definition) is 0. The van der Waals surface area contributed by atoms with Crippen molar-refractivity contribution in [2.24, 2.45) is 0 Å². The second-order valence-electron chi connectivity index (χ2n) is 3.62. The Hall–Kier alpha value is -1.17. The zero-order valence-electron chi connectivity index (χ0n) is 9.65. The Morgan fingerprint density at radius 3 is 2.32 bits per heavy atom. The molecule has 6 heteroatoms. The summed E-state index contributed by atoms with van der Waals surface area (Å²) in [5.41, 5.74) is -0.374. The summed E-state index contributed by atoms with van der Waals surface area (Å²) in [7, 11) is 0. The van der Waals surface area contributed by atoms with Crippen LogP contribution in [0.3, 0.4) is 0 Å². The van der Waals surface area contributed by atoms with Crippen molar-refractivity contribution in [1.82, 2.24) is 0 Å². The number of carbonyl (C=O) groups excluding carboxylic acids is 1. The Bertz CT molecular complexity index is 629. The first-order valence-electron chi connectivity index (χ1n) is 4.97. The topological polar surface area (TPSA) is 63.2 Å². The summed E-state index contributed by atoms with van der Waals surface area (Å²) in [6.45, 7) is 0. The molecule has 19 heavy (non-hydrogen) atoms. The summed E-state index contributed by atoms with van der Waals surface area (Å²) < 4.78 is 26.2. The molecule has 0 saturated carbocycles. The van der Waals surface area contributed by atoms with Crippen molar-refractivity contribution in [2.45, 2.75) is 0 Å². The fraction of sp³-hybridized carbons (Fsp3) is 0. The minimum atomic E-state index is -1.63. The Balaban J connectivity index is 0.00000180. The number of hydrogen-bond acceptors (Lipinski definition) is 3. The van der Waals surface area contributed by atoms with Gasteiger partial charge in [0.1, 0.15) is 11.6 Å². The molecule has 0 aliphatic carbocycles. The van der Waals surface area contributed by atoms with E-state index in [1.54, 1.807) is 0 Å². The van der Waals surface area contributed by atoms with Crippen molar-refractivity contribution >= 4 is 43.7 Å². The molecule has 0 saturated heterocycles. The summed E-state index contributed by atoms with van der Waals surface area (Å²) in [5, 5.41) is 21.9. The molecule has 0 aliphatic rings. The quantitative estimate of drug-likeness (QED) is 0.764. The van der Waals surface area contributed by atoms with Crippen molar-refractivity contribution in [3.05, 3.63) is 53.6 Å². The van der Waals surface area contributed by atoms with E-state index in [1.807, 2.05) is 0 Å². The summed E-state index contributed by atoms with van der Waals surface area (Å²) in [4.78, 5) is 10.7. The van der Waals surface area contributed by atoms with E-state index < -0.39 is 28.9 Å². The summed E-state index contributed by atoms with van der Waals surface area (Å²) in [5.74, 6) is -3.93. The average Bonchev–Trinajstić information content (AvgIpc) is 2.30. The standard InChI is InChI=1S/C13H8F2O3.Ca/c14-8-2-3-9(11(15)6-8)7-1-4-12(16)10(5-7)13(17)18;/h1-6,16H,(H,17,18);/q;+2/p-2. The molecule has 0 atom stereocenters. The van der Waals surface area contributed by atoms with Crippen LogP contribution in [-0.4, -0.2) is 43.7 Å². The Labute approximate surface area is 137 Å². The van der Waals surface area contributed by atoms with Gasteiger partial charge in [0, 0.05) is 11.6 Å². The van der Waals surface area contributed by atoms with Crippen LogP contribution in [-0.2, 0) is 0 Å². The van der Waals surface area contributed by atoms with E-state index in [0.29, 0.717) is 6.07 Å². The molecule has 0 amide bonds. The monoisotopic (exact) mass is 288 g/mol. The van der Waals surface area contributed by atoms with Gasteiger partial charge in [0.15, 0.2) is 0 Å². The van der Waals surface area contributed by atoms with Crippen LogP contribution in [0.4, 0.5) is 8.78 Å². The summed E-state index contributed by atoms with van der Waals surface area (Å²) in [6, 6.07) is 6.17. The van der Waals surface area contributed by atoms with Crippen LogP contribution in [0, 0.1) is 11.6 Å². The van der Waals surface area contributed by atoms with Gasteiger partial charge >= 0.3 is 37.7 Å². The van der Waals surface area contributed by atoms with Gasteiger partial charge in [-0.1, -0.05) is 17.9 Å². The summed E-state index contributed by atoms with van der Waals surface area (Å²) >= 11 is 0. The van der Waals surface area contributed by atoms with Gasteiger partial charge in [-0.15, -0.1) is 0 Å². The molecule has 0 spiro atoms. The third kappa shape index (κ3) is 3.43. The van der Waals surface area contributed by atoms with Crippen LogP contribution in [0.25, 0.3) is 11.1 Å². The molecule has 3 nitrogen and oxygen atoms in total. The second kappa shape index (κ2) is 6.32.